The number of sulfone groups is 1. The van der Waals surface area contributed by atoms with Gasteiger partial charge in [-0.15, -0.1) is 10.2 Å². The molecule has 2 aromatic rings. The minimum atomic E-state index is -3.45. The molecule has 0 fully saturated rings. The minimum absolute atomic E-state index is 0.0304. The SMILES string of the molecule is O=S(=O)(CCSc1nncs1)c1cc(Cl)ccc1Cl. The van der Waals surface area contributed by atoms with E-state index >= 15 is 0 Å². The molecule has 0 radical (unpaired) electrons. The Morgan fingerprint density at radius 3 is 2.79 bits per heavy atom. The van der Waals surface area contributed by atoms with Crippen LogP contribution >= 0.6 is 46.3 Å². The second kappa shape index (κ2) is 6.41. The van der Waals surface area contributed by atoms with Crippen molar-refractivity contribution in [3.05, 3.63) is 33.8 Å². The monoisotopic (exact) mass is 354 g/mol. The second-order valence-electron chi connectivity index (χ2n) is 3.45. The van der Waals surface area contributed by atoms with Crippen molar-refractivity contribution in [1.82, 2.24) is 10.2 Å². The molecule has 0 aliphatic rings. The van der Waals surface area contributed by atoms with E-state index in [0.29, 0.717) is 10.8 Å². The third kappa shape index (κ3) is 4.06. The van der Waals surface area contributed by atoms with Crippen LogP contribution in [0.25, 0.3) is 0 Å². The van der Waals surface area contributed by atoms with Crippen LogP contribution in [0.1, 0.15) is 0 Å². The fourth-order valence-electron chi connectivity index (χ4n) is 1.29. The molecule has 0 N–H and O–H groups in total. The van der Waals surface area contributed by atoms with E-state index in [9.17, 15) is 8.42 Å². The van der Waals surface area contributed by atoms with E-state index in [-0.39, 0.29) is 15.7 Å². The molecule has 4 nitrogen and oxygen atoms in total. The van der Waals surface area contributed by atoms with Crippen LogP contribution < -0.4 is 0 Å². The van der Waals surface area contributed by atoms with Crippen molar-refractivity contribution in [2.24, 2.45) is 0 Å². The Hall–Kier alpha value is -0.340. The van der Waals surface area contributed by atoms with Crippen molar-refractivity contribution in [3.63, 3.8) is 0 Å². The maximum atomic E-state index is 12.1. The molecule has 0 aliphatic carbocycles. The molecule has 0 bridgehead atoms. The molecule has 0 unspecified atom stereocenters. The van der Waals surface area contributed by atoms with Gasteiger partial charge in [-0.3, -0.25) is 0 Å². The largest absolute Gasteiger partial charge is 0.224 e. The van der Waals surface area contributed by atoms with Gasteiger partial charge in [0.05, 0.1) is 15.7 Å². The van der Waals surface area contributed by atoms with Crippen molar-refractivity contribution in [2.45, 2.75) is 9.24 Å². The lowest BCUT2D eigenvalue weighted by atomic mass is 10.4. The topological polar surface area (TPSA) is 59.9 Å². The molecule has 0 spiro atoms. The van der Waals surface area contributed by atoms with Gasteiger partial charge in [-0.25, -0.2) is 8.42 Å². The Labute approximate surface area is 129 Å². The van der Waals surface area contributed by atoms with Gasteiger partial charge in [-0.05, 0) is 18.2 Å². The summed E-state index contributed by atoms with van der Waals surface area (Å²) in [5.41, 5.74) is 1.60. The maximum absolute atomic E-state index is 12.1. The number of halogens is 2. The summed E-state index contributed by atoms with van der Waals surface area (Å²) in [6, 6.07) is 4.41. The summed E-state index contributed by atoms with van der Waals surface area (Å²) in [5.74, 6) is 0.359. The summed E-state index contributed by atoms with van der Waals surface area (Å²) in [6.45, 7) is 0. The number of thioether (sulfide) groups is 1. The van der Waals surface area contributed by atoms with Crippen molar-refractivity contribution in [2.75, 3.05) is 11.5 Å². The Bertz CT molecular complexity index is 659. The minimum Gasteiger partial charge on any atom is -0.224 e. The molecule has 1 aromatic carbocycles. The van der Waals surface area contributed by atoms with Crippen LogP contribution in [0.15, 0.2) is 32.9 Å². The molecule has 0 saturated carbocycles. The standard InChI is InChI=1S/C10H8Cl2N2O2S3/c11-7-1-2-8(12)9(5-7)19(15,16)4-3-17-10-14-13-6-18-10/h1-2,5-6H,3-4H2. The van der Waals surface area contributed by atoms with Crippen molar-refractivity contribution < 1.29 is 8.42 Å². The lowest BCUT2D eigenvalue weighted by Gasteiger charge is -2.06. The van der Waals surface area contributed by atoms with Gasteiger partial charge < -0.3 is 0 Å². The summed E-state index contributed by atoms with van der Waals surface area (Å²) < 4.78 is 25.0. The predicted octanol–water partition coefficient (Wildman–Crippen LogP) is 3.41. The van der Waals surface area contributed by atoms with Gasteiger partial charge in [-0.1, -0.05) is 46.3 Å². The quantitative estimate of drug-likeness (QED) is 0.770. The highest BCUT2D eigenvalue weighted by Crippen LogP contribution is 2.27. The Balaban J connectivity index is 2.07. The molecular weight excluding hydrogens is 347 g/mol. The van der Waals surface area contributed by atoms with Gasteiger partial charge in [0.15, 0.2) is 14.2 Å². The molecule has 9 heteroatoms. The molecule has 0 amide bonds. The van der Waals surface area contributed by atoms with Crippen LogP contribution in [-0.2, 0) is 9.84 Å². The summed E-state index contributed by atoms with van der Waals surface area (Å²) in [5, 5.41) is 8.04. The first-order valence-corrected chi connectivity index (χ1v) is 9.33. The fraction of sp³-hybridized carbons (Fsp3) is 0.200. The number of hydrogen-bond donors (Lipinski definition) is 0. The number of nitrogens with zero attached hydrogens (tertiary/aromatic N) is 2. The Morgan fingerprint density at radius 1 is 1.32 bits per heavy atom. The van der Waals surface area contributed by atoms with Crippen molar-refractivity contribution in [3.8, 4) is 0 Å². The fourth-order valence-corrected chi connectivity index (χ4v) is 5.31. The van der Waals surface area contributed by atoms with E-state index in [1.807, 2.05) is 0 Å². The van der Waals surface area contributed by atoms with Crippen LogP contribution in [-0.4, -0.2) is 30.1 Å². The molecule has 102 valence electrons. The van der Waals surface area contributed by atoms with E-state index in [2.05, 4.69) is 10.2 Å². The highest BCUT2D eigenvalue weighted by molar-refractivity contribution is 8.02. The van der Waals surface area contributed by atoms with Crippen LogP contribution in [0, 0.1) is 0 Å². The first kappa shape index (κ1) is 15.1. The summed E-state index contributed by atoms with van der Waals surface area (Å²) in [4.78, 5) is 0.0690. The summed E-state index contributed by atoms with van der Waals surface area (Å²) >= 11 is 14.4. The van der Waals surface area contributed by atoms with Crippen LogP contribution in [0.3, 0.4) is 0 Å². The molecule has 2 rings (SSSR count). The number of benzene rings is 1. The highest BCUT2D eigenvalue weighted by atomic mass is 35.5. The molecule has 0 aliphatic heterocycles. The lowest BCUT2D eigenvalue weighted by molar-refractivity contribution is 0.597. The van der Waals surface area contributed by atoms with E-state index in [4.69, 9.17) is 23.2 Å². The summed E-state index contributed by atoms with van der Waals surface area (Å²) in [6.07, 6.45) is 0. The molecule has 19 heavy (non-hydrogen) atoms. The molecule has 0 atom stereocenters. The van der Waals surface area contributed by atoms with Gasteiger partial charge in [0.2, 0.25) is 0 Å². The molecule has 0 saturated heterocycles. The van der Waals surface area contributed by atoms with Gasteiger partial charge in [-0.2, -0.15) is 0 Å². The summed E-state index contributed by atoms with van der Waals surface area (Å²) in [7, 11) is -3.45. The number of rotatable bonds is 5. The third-order valence-electron chi connectivity index (χ3n) is 2.15. The predicted molar refractivity (Wildman–Crippen MR) is 79.1 cm³/mol. The van der Waals surface area contributed by atoms with E-state index in [0.717, 1.165) is 4.34 Å². The second-order valence-corrected chi connectivity index (χ2v) is 8.54. The van der Waals surface area contributed by atoms with E-state index in [1.165, 1.54) is 35.2 Å². The van der Waals surface area contributed by atoms with Gasteiger partial charge >= 0.3 is 0 Å². The molecule has 1 aromatic heterocycles. The number of hydrogen-bond acceptors (Lipinski definition) is 6. The first-order valence-electron chi connectivity index (χ1n) is 5.06. The zero-order valence-corrected chi connectivity index (χ0v) is 13.4. The van der Waals surface area contributed by atoms with Crippen LogP contribution in [0.2, 0.25) is 10.0 Å². The van der Waals surface area contributed by atoms with Gasteiger partial charge in [0, 0.05) is 10.8 Å². The van der Waals surface area contributed by atoms with E-state index in [1.54, 1.807) is 11.6 Å². The average Bonchev–Trinajstić information content (AvgIpc) is 2.85. The Morgan fingerprint density at radius 2 is 2.11 bits per heavy atom. The first-order chi connectivity index (χ1) is 8.99. The molecule has 1 heterocycles. The zero-order chi connectivity index (χ0) is 13.9. The zero-order valence-electron chi connectivity index (χ0n) is 9.42. The normalized spacial score (nSPS) is 11.7. The number of aromatic nitrogens is 2. The average molecular weight is 355 g/mol. The van der Waals surface area contributed by atoms with E-state index < -0.39 is 9.84 Å². The highest BCUT2D eigenvalue weighted by Gasteiger charge is 2.18. The lowest BCUT2D eigenvalue weighted by Crippen LogP contribution is -2.09. The van der Waals surface area contributed by atoms with Crippen molar-refractivity contribution >= 4 is 56.1 Å². The van der Waals surface area contributed by atoms with Crippen LogP contribution in [0.5, 0.6) is 0 Å². The molecular formula is C10H8Cl2N2O2S3. The van der Waals surface area contributed by atoms with Crippen molar-refractivity contribution in [1.29, 1.82) is 0 Å². The smallest absolute Gasteiger partial charge is 0.180 e. The maximum Gasteiger partial charge on any atom is 0.180 e. The third-order valence-corrected chi connectivity index (χ3v) is 6.69. The Kier molecular flexibility index (Phi) is 5.08. The van der Waals surface area contributed by atoms with Gasteiger partial charge in [0.1, 0.15) is 5.51 Å². The van der Waals surface area contributed by atoms with Gasteiger partial charge in [0.25, 0.3) is 0 Å². The van der Waals surface area contributed by atoms with Crippen LogP contribution in [0.4, 0.5) is 0 Å².